The maximum atomic E-state index is 12.9. The van der Waals surface area contributed by atoms with Gasteiger partial charge in [-0.25, -0.2) is 0 Å². The first-order valence-corrected chi connectivity index (χ1v) is 9.51. The van der Waals surface area contributed by atoms with E-state index < -0.39 is 29.4 Å². The van der Waals surface area contributed by atoms with Gasteiger partial charge in [-0.3, -0.25) is 0 Å². The molecule has 0 aromatic heterocycles. The number of phenols is 1. The third-order valence-electron chi connectivity index (χ3n) is 5.64. The molecular weight excluding hydrogens is 361 g/mol. The van der Waals surface area contributed by atoms with Crippen molar-refractivity contribution < 1.29 is 28.1 Å². The molecule has 1 unspecified atom stereocenters. The Kier molecular flexibility index (Phi) is 6.18. The summed E-state index contributed by atoms with van der Waals surface area (Å²) in [4.78, 5) is 2.15. The van der Waals surface area contributed by atoms with E-state index >= 15 is 0 Å². The molecule has 1 aromatic carbocycles. The van der Waals surface area contributed by atoms with Crippen molar-refractivity contribution in [2.45, 2.75) is 50.0 Å². The van der Waals surface area contributed by atoms with Crippen LogP contribution in [0.25, 0.3) is 0 Å². The van der Waals surface area contributed by atoms with E-state index in [0.29, 0.717) is 19.4 Å². The number of ether oxygens (including phenoxy) is 1. The molecule has 1 saturated carbocycles. The summed E-state index contributed by atoms with van der Waals surface area (Å²) < 4.78 is 43.0. The van der Waals surface area contributed by atoms with E-state index in [0.717, 1.165) is 45.4 Å². The lowest BCUT2D eigenvalue weighted by Gasteiger charge is -2.43. The topological polar surface area (TPSA) is 65.0 Å². The molecule has 8 heteroatoms. The first kappa shape index (κ1) is 20.2. The average molecular weight is 388 g/mol. The van der Waals surface area contributed by atoms with Gasteiger partial charge in [-0.2, -0.15) is 0 Å². The lowest BCUT2D eigenvalue weighted by molar-refractivity contribution is -0.275. The second-order valence-corrected chi connectivity index (χ2v) is 7.51. The summed E-state index contributed by atoms with van der Waals surface area (Å²) in [6.45, 7) is 3.56. The molecule has 1 heterocycles. The Labute approximate surface area is 157 Å². The number of para-hydroxylation sites is 1. The molecule has 0 spiro atoms. The number of piperazine rings is 1. The smallest absolute Gasteiger partial charge is 0.504 e. The van der Waals surface area contributed by atoms with Crippen LogP contribution in [-0.2, 0) is 0 Å². The minimum Gasteiger partial charge on any atom is -0.504 e. The van der Waals surface area contributed by atoms with Gasteiger partial charge in [0.25, 0.3) is 0 Å². The maximum absolute atomic E-state index is 12.9. The number of halogens is 3. The van der Waals surface area contributed by atoms with E-state index in [-0.39, 0.29) is 5.56 Å². The Morgan fingerprint density at radius 3 is 2.44 bits per heavy atom. The van der Waals surface area contributed by atoms with Gasteiger partial charge < -0.3 is 25.2 Å². The van der Waals surface area contributed by atoms with E-state index in [1.54, 1.807) is 0 Å². The highest BCUT2D eigenvalue weighted by molar-refractivity contribution is 5.48. The molecule has 1 aliphatic carbocycles. The van der Waals surface area contributed by atoms with Crippen molar-refractivity contribution in [2.75, 3.05) is 32.7 Å². The van der Waals surface area contributed by atoms with Gasteiger partial charge in [0, 0.05) is 44.2 Å². The quantitative estimate of drug-likeness (QED) is 0.724. The minimum atomic E-state index is -4.91. The number of nitrogens with one attached hydrogen (secondary N) is 1. The summed E-state index contributed by atoms with van der Waals surface area (Å²) in [7, 11) is 0. The van der Waals surface area contributed by atoms with E-state index in [9.17, 15) is 23.4 Å². The molecule has 1 aliphatic heterocycles. The van der Waals surface area contributed by atoms with Gasteiger partial charge in [-0.15, -0.1) is 13.2 Å². The molecule has 2 fully saturated rings. The van der Waals surface area contributed by atoms with Crippen LogP contribution in [0.15, 0.2) is 18.2 Å². The van der Waals surface area contributed by atoms with Crippen molar-refractivity contribution in [1.82, 2.24) is 10.2 Å². The Balaban J connectivity index is 1.98. The largest absolute Gasteiger partial charge is 0.573 e. The summed E-state index contributed by atoms with van der Waals surface area (Å²) >= 11 is 0. The minimum absolute atomic E-state index is 0.218. The SMILES string of the molecule is Oc1cccc(C(CN2CCNCC2)C2(O)CCCCC2)c1OC(F)(F)F. The van der Waals surface area contributed by atoms with Crippen molar-refractivity contribution in [1.29, 1.82) is 0 Å². The normalized spacial score (nSPS) is 22.4. The molecule has 3 rings (SSSR count). The molecule has 0 bridgehead atoms. The van der Waals surface area contributed by atoms with Gasteiger partial charge in [0.1, 0.15) is 0 Å². The van der Waals surface area contributed by atoms with Crippen molar-refractivity contribution in [3.05, 3.63) is 23.8 Å². The highest BCUT2D eigenvalue weighted by Crippen LogP contribution is 2.46. The fourth-order valence-electron chi connectivity index (χ4n) is 4.27. The lowest BCUT2D eigenvalue weighted by Crippen LogP contribution is -2.49. The number of aliphatic hydroxyl groups is 1. The molecule has 152 valence electrons. The molecular formula is C19H27F3N2O3. The van der Waals surface area contributed by atoms with Crippen LogP contribution in [0.2, 0.25) is 0 Å². The zero-order valence-corrected chi connectivity index (χ0v) is 15.3. The Morgan fingerprint density at radius 1 is 1.15 bits per heavy atom. The molecule has 5 nitrogen and oxygen atoms in total. The summed E-state index contributed by atoms with van der Waals surface area (Å²) in [6, 6.07) is 4.21. The fourth-order valence-corrected chi connectivity index (χ4v) is 4.27. The number of nitrogens with zero attached hydrogens (tertiary/aromatic N) is 1. The molecule has 27 heavy (non-hydrogen) atoms. The second kappa shape index (κ2) is 8.24. The van der Waals surface area contributed by atoms with Crippen LogP contribution in [-0.4, -0.2) is 59.8 Å². The summed E-state index contributed by atoms with van der Waals surface area (Å²) in [6.07, 6.45) is -1.17. The van der Waals surface area contributed by atoms with E-state index in [2.05, 4.69) is 15.0 Å². The number of aromatic hydroxyl groups is 1. The molecule has 1 aromatic rings. The third kappa shape index (κ3) is 5.06. The van der Waals surface area contributed by atoms with Crippen LogP contribution in [0.4, 0.5) is 13.2 Å². The van der Waals surface area contributed by atoms with Crippen LogP contribution in [0.5, 0.6) is 11.5 Å². The van der Waals surface area contributed by atoms with Crippen LogP contribution in [0.3, 0.4) is 0 Å². The fraction of sp³-hybridized carbons (Fsp3) is 0.684. The van der Waals surface area contributed by atoms with Crippen molar-refractivity contribution >= 4 is 0 Å². The number of hydrogen-bond donors (Lipinski definition) is 3. The third-order valence-corrected chi connectivity index (χ3v) is 5.64. The zero-order valence-electron chi connectivity index (χ0n) is 15.3. The predicted octanol–water partition coefficient (Wildman–Crippen LogP) is 2.97. The Morgan fingerprint density at radius 2 is 1.81 bits per heavy atom. The lowest BCUT2D eigenvalue weighted by atomic mass is 9.72. The molecule has 0 radical (unpaired) electrons. The highest BCUT2D eigenvalue weighted by Gasteiger charge is 2.43. The summed E-state index contributed by atoms with van der Waals surface area (Å²) in [5.74, 6) is -1.72. The van der Waals surface area contributed by atoms with Crippen molar-refractivity contribution in [3.8, 4) is 11.5 Å². The molecule has 2 aliphatic rings. The average Bonchev–Trinajstić information content (AvgIpc) is 2.62. The standard InChI is InChI=1S/C19H27F3N2O3/c20-19(21,22)27-17-14(5-4-6-16(17)25)15(13-24-11-9-23-10-12-24)18(26)7-2-1-3-8-18/h4-6,15,23,25-26H,1-3,7-13H2. The Bertz CT molecular complexity index is 627. The first-order valence-electron chi connectivity index (χ1n) is 9.51. The van der Waals surface area contributed by atoms with Crippen LogP contribution < -0.4 is 10.1 Å². The van der Waals surface area contributed by atoms with E-state index in [4.69, 9.17) is 0 Å². The van der Waals surface area contributed by atoms with Gasteiger partial charge in [0.05, 0.1) is 5.60 Å². The number of alkyl halides is 3. The van der Waals surface area contributed by atoms with Crippen molar-refractivity contribution in [3.63, 3.8) is 0 Å². The zero-order chi connectivity index (χ0) is 19.5. The van der Waals surface area contributed by atoms with Crippen LogP contribution >= 0.6 is 0 Å². The van der Waals surface area contributed by atoms with Gasteiger partial charge >= 0.3 is 6.36 Å². The van der Waals surface area contributed by atoms with Gasteiger partial charge in [-0.05, 0) is 18.9 Å². The highest BCUT2D eigenvalue weighted by atomic mass is 19.4. The van der Waals surface area contributed by atoms with E-state index in [1.807, 2.05) is 0 Å². The first-order chi connectivity index (χ1) is 12.8. The maximum Gasteiger partial charge on any atom is 0.573 e. The van der Waals surface area contributed by atoms with Gasteiger partial charge in [0.2, 0.25) is 0 Å². The molecule has 1 saturated heterocycles. The number of phenolic OH excluding ortho intramolecular Hbond substituents is 1. The van der Waals surface area contributed by atoms with Gasteiger partial charge in [-0.1, -0.05) is 31.4 Å². The summed E-state index contributed by atoms with van der Waals surface area (Å²) in [5.41, 5.74) is -0.893. The van der Waals surface area contributed by atoms with Gasteiger partial charge in [0.15, 0.2) is 11.5 Å². The van der Waals surface area contributed by atoms with Crippen LogP contribution in [0, 0.1) is 0 Å². The molecule has 3 N–H and O–H groups in total. The van der Waals surface area contributed by atoms with Crippen molar-refractivity contribution in [2.24, 2.45) is 0 Å². The number of hydrogen-bond acceptors (Lipinski definition) is 5. The number of benzene rings is 1. The number of rotatable bonds is 5. The summed E-state index contributed by atoms with van der Waals surface area (Å²) in [5, 5.41) is 24.7. The van der Waals surface area contributed by atoms with E-state index in [1.165, 1.54) is 18.2 Å². The Hall–Kier alpha value is -1.51. The molecule has 1 atom stereocenters. The second-order valence-electron chi connectivity index (χ2n) is 7.51. The van der Waals surface area contributed by atoms with Crippen LogP contribution in [0.1, 0.15) is 43.6 Å². The predicted molar refractivity (Wildman–Crippen MR) is 94.9 cm³/mol. The molecule has 0 amide bonds. The monoisotopic (exact) mass is 388 g/mol.